The minimum absolute atomic E-state index is 0.0448. The van der Waals surface area contributed by atoms with Crippen LogP contribution in [0.15, 0.2) is 23.4 Å². The number of rotatable bonds is 6. The molecule has 0 aromatic heterocycles. The standard InChI is InChI=1S/C15H22N4O2/c1-9-7-11(14(16)19-21)3-4-12(9)8-17-10(2)15(20)18-13-5-6-13/h3-4,7,10,13,17,21H,5-6,8H2,1-2H3,(H2,16,19)(H,18,20). The zero-order chi connectivity index (χ0) is 15.4. The second-order valence-corrected chi connectivity index (χ2v) is 5.51. The van der Waals surface area contributed by atoms with Crippen molar-refractivity contribution in [2.24, 2.45) is 10.9 Å². The summed E-state index contributed by atoms with van der Waals surface area (Å²) in [6, 6.07) is 5.73. The van der Waals surface area contributed by atoms with Gasteiger partial charge < -0.3 is 21.6 Å². The maximum atomic E-state index is 11.8. The summed E-state index contributed by atoms with van der Waals surface area (Å²) in [5.41, 5.74) is 8.35. The van der Waals surface area contributed by atoms with Crippen LogP contribution in [0.4, 0.5) is 0 Å². The number of amidine groups is 1. The van der Waals surface area contributed by atoms with Crippen LogP contribution in [0.5, 0.6) is 0 Å². The molecule has 1 aromatic carbocycles. The molecule has 1 saturated carbocycles. The molecule has 0 saturated heterocycles. The van der Waals surface area contributed by atoms with E-state index in [1.54, 1.807) is 6.07 Å². The summed E-state index contributed by atoms with van der Waals surface area (Å²) in [6.45, 7) is 4.42. The third kappa shape index (κ3) is 4.19. The molecule has 2 rings (SSSR count). The van der Waals surface area contributed by atoms with Gasteiger partial charge in [-0.1, -0.05) is 17.3 Å². The fourth-order valence-electron chi connectivity index (χ4n) is 2.02. The number of nitrogens with zero attached hydrogens (tertiary/aromatic N) is 1. The summed E-state index contributed by atoms with van der Waals surface area (Å²) >= 11 is 0. The lowest BCUT2D eigenvalue weighted by atomic mass is 10.0. The lowest BCUT2D eigenvalue weighted by Gasteiger charge is -2.15. The van der Waals surface area contributed by atoms with E-state index in [0.29, 0.717) is 18.2 Å². The first-order valence-electron chi connectivity index (χ1n) is 7.12. The van der Waals surface area contributed by atoms with E-state index < -0.39 is 0 Å². The first kappa shape index (κ1) is 15.3. The fraction of sp³-hybridized carbons (Fsp3) is 0.467. The topological polar surface area (TPSA) is 99.7 Å². The number of amides is 1. The summed E-state index contributed by atoms with van der Waals surface area (Å²) in [6.07, 6.45) is 2.18. The summed E-state index contributed by atoms with van der Waals surface area (Å²) in [4.78, 5) is 11.8. The van der Waals surface area contributed by atoms with Crippen LogP contribution in [0.2, 0.25) is 0 Å². The minimum Gasteiger partial charge on any atom is -0.409 e. The molecular formula is C15H22N4O2. The van der Waals surface area contributed by atoms with E-state index in [9.17, 15) is 4.79 Å². The van der Waals surface area contributed by atoms with Crippen molar-refractivity contribution < 1.29 is 10.0 Å². The Labute approximate surface area is 124 Å². The van der Waals surface area contributed by atoms with Crippen LogP contribution in [0.1, 0.15) is 36.5 Å². The van der Waals surface area contributed by atoms with Crippen LogP contribution in [0, 0.1) is 6.92 Å². The molecule has 6 nitrogen and oxygen atoms in total. The highest BCUT2D eigenvalue weighted by atomic mass is 16.4. The van der Waals surface area contributed by atoms with Gasteiger partial charge in [-0.25, -0.2) is 0 Å². The van der Waals surface area contributed by atoms with E-state index in [4.69, 9.17) is 10.9 Å². The monoisotopic (exact) mass is 290 g/mol. The maximum Gasteiger partial charge on any atom is 0.237 e. The van der Waals surface area contributed by atoms with Gasteiger partial charge in [-0.15, -0.1) is 0 Å². The summed E-state index contributed by atoms with van der Waals surface area (Å²) in [5.74, 6) is 0.137. The number of benzene rings is 1. The molecule has 1 aliphatic carbocycles. The number of hydrogen-bond donors (Lipinski definition) is 4. The Kier molecular flexibility index (Phi) is 4.80. The molecule has 1 amide bonds. The van der Waals surface area contributed by atoms with Gasteiger partial charge >= 0.3 is 0 Å². The van der Waals surface area contributed by atoms with Crippen LogP contribution in [-0.2, 0) is 11.3 Å². The molecule has 5 N–H and O–H groups in total. The summed E-state index contributed by atoms with van der Waals surface area (Å²) < 4.78 is 0. The molecule has 0 radical (unpaired) electrons. The van der Waals surface area contributed by atoms with Crippen molar-refractivity contribution in [1.29, 1.82) is 0 Å². The van der Waals surface area contributed by atoms with Gasteiger partial charge in [-0.3, -0.25) is 4.79 Å². The second kappa shape index (κ2) is 6.58. The van der Waals surface area contributed by atoms with Crippen molar-refractivity contribution in [2.75, 3.05) is 0 Å². The number of oxime groups is 1. The van der Waals surface area contributed by atoms with E-state index in [0.717, 1.165) is 24.0 Å². The lowest BCUT2D eigenvalue weighted by Crippen LogP contribution is -2.42. The molecule has 6 heteroatoms. The Morgan fingerprint density at radius 2 is 2.24 bits per heavy atom. The molecule has 114 valence electrons. The normalized spacial score (nSPS) is 16.6. The molecule has 0 spiro atoms. The molecular weight excluding hydrogens is 268 g/mol. The lowest BCUT2D eigenvalue weighted by molar-refractivity contribution is -0.122. The average Bonchev–Trinajstić information content (AvgIpc) is 3.28. The van der Waals surface area contributed by atoms with Crippen molar-refractivity contribution in [2.45, 2.75) is 45.3 Å². The van der Waals surface area contributed by atoms with Gasteiger partial charge in [-0.05, 0) is 43.9 Å². The number of aryl methyl sites for hydroxylation is 1. The van der Waals surface area contributed by atoms with E-state index in [-0.39, 0.29) is 17.8 Å². The van der Waals surface area contributed by atoms with Crippen molar-refractivity contribution in [3.05, 3.63) is 34.9 Å². The highest BCUT2D eigenvalue weighted by Gasteiger charge is 2.25. The smallest absolute Gasteiger partial charge is 0.237 e. The van der Waals surface area contributed by atoms with Crippen LogP contribution in [0.25, 0.3) is 0 Å². The van der Waals surface area contributed by atoms with Gasteiger partial charge in [0.05, 0.1) is 6.04 Å². The van der Waals surface area contributed by atoms with Gasteiger partial charge in [0, 0.05) is 18.2 Å². The van der Waals surface area contributed by atoms with Crippen LogP contribution in [-0.4, -0.2) is 29.0 Å². The van der Waals surface area contributed by atoms with Gasteiger partial charge in [-0.2, -0.15) is 0 Å². The molecule has 1 fully saturated rings. The Morgan fingerprint density at radius 3 is 2.81 bits per heavy atom. The number of carbonyl (C=O) groups is 1. The number of nitrogens with one attached hydrogen (secondary N) is 2. The van der Waals surface area contributed by atoms with E-state index in [1.807, 2.05) is 26.0 Å². The Balaban J connectivity index is 1.91. The predicted octanol–water partition coefficient (Wildman–Crippen LogP) is 0.846. The summed E-state index contributed by atoms with van der Waals surface area (Å²) in [7, 11) is 0. The van der Waals surface area contributed by atoms with Crippen LogP contribution in [0.3, 0.4) is 0 Å². The molecule has 0 aliphatic heterocycles. The van der Waals surface area contributed by atoms with Crippen molar-refractivity contribution in [1.82, 2.24) is 10.6 Å². The van der Waals surface area contributed by atoms with Crippen molar-refractivity contribution >= 4 is 11.7 Å². The Bertz CT molecular complexity index is 553. The van der Waals surface area contributed by atoms with Crippen molar-refractivity contribution in [3.63, 3.8) is 0 Å². The van der Waals surface area contributed by atoms with E-state index in [1.165, 1.54) is 0 Å². The van der Waals surface area contributed by atoms with Crippen molar-refractivity contribution in [3.8, 4) is 0 Å². The van der Waals surface area contributed by atoms with Gasteiger partial charge in [0.2, 0.25) is 5.91 Å². The zero-order valence-electron chi connectivity index (χ0n) is 12.4. The largest absolute Gasteiger partial charge is 0.409 e. The first-order chi connectivity index (χ1) is 10.0. The van der Waals surface area contributed by atoms with Gasteiger partial charge in [0.15, 0.2) is 5.84 Å². The van der Waals surface area contributed by atoms with Crippen LogP contribution < -0.4 is 16.4 Å². The molecule has 1 atom stereocenters. The molecule has 0 bridgehead atoms. The Morgan fingerprint density at radius 1 is 1.52 bits per heavy atom. The van der Waals surface area contributed by atoms with Gasteiger partial charge in [0.1, 0.15) is 0 Å². The highest BCUT2D eigenvalue weighted by molar-refractivity contribution is 5.97. The third-order valence-electron chi connectivity index (χ3n) is 3.66. The highest BCUT2D eigenvalue weighted by Crippen LogP contribution is 2.18. The fourth-order valence-corrected chi connectivity index (χ4v) is 2.02. The van der Waals surface area contributed by atoms with Gasteiger partial charge in [0.25, 0.3) is 0 Å². The Hall–Kier alpha value is -2.08. The molecule has 1 aromatic rings. The molecule has 0 heterocycles. The second-order valence-electron chi connectivity index (χ2n) is 5.51. The number of carbonyl (C=O) groups excluding carboxylic acids is 1. The zero-order valence-corrected chi connectivity index (χ0v) is 12.4. The summed E-state index contributed by atoms with van der Waals surface area (Å²) in [5, 5.41) is 17.8. The number of nitrogens with two attached hydrogens (primary N) is 1. The SMILES string of the molecule is Cc1cc(/C(N)=N/O)ccc1CNC(C)C(=O)NC1CC1. The predicted molar refractivity (Wildman–Crippen MR) is 81.2 cm³/mol. The molecule has 1 aliphatic rings. The maximum absolute atomic E-state index is 11.8. The third-order valence-corrected chi connectivity index (χ3v) is 3.66. The molecule has 21 heavy (non-hydrogen) atoms. The van der Waals surface area contributed by atoms with E-state index >= 15 is 0 Å². The minimum atomic E-state index is -0.228. The average molecular weight is 290 g/mol. The van der Waals surface area contributed by atoms with Crippen LogP contribution >= 0.6 is 0 Å². The van der Waals surface area contributed by atoms with E-state index in [2.05, 4.69) is 15.8 Å². The number of hydrogen-bond acceptors (Lipinski definition) is 4. The quantitative estimate of drug-likeness (QED) is 0.270. The molecule has 1 unspecified atom stereocenters. The first-order valence-corrected chi connectivity index (χ1v) is 7.12.